The number of nitrogens with two attached hydrogens (primary N) is 1. The Morgan fingerprint density at radius 1 is 1.62 bits per heavy atom. The van der Waals surface area contributed by atoms with Gasteiger partial charge in [0.2, 0.25) is 0 Å². The van der Waals surface area contributed by atoms with Crippen molar-refractivity contribution in [3.05, 3.63) is 24.0 Å². The summed E-state index contributed by atoms with van der Waals surface area (Å²) >= 11 is 0. The van der Waals surface area contributed by atoms with Crippen LogP contribution in [0, 0.1) is 0 Å². The molecule has 72 valence electrons. The molecule has 0 radical (unpaired) electrons. The van der Waals surface area contributed by atoms with Gasteiger partial charge in [-0.3, -0.25) is 0 Å². The van der Waals surface area contributed by atoms with Crippen molar-refractivity contribution in [2.45, 2.75) is 12.1 Å². The molecule has 0 spiro atoms. The van der Waals surface area contributed by atoms with Gasteiger partial charge in [0.05, 0.1) is 25.3 Å². The Kier molecular flexibility index (Phi) is 2.63. The van der Waals surface area contributed by atoms with Gasteiger partial charge in [-0.2, -0.15) is 0 Å². The van der Waals surface area contributed by atoms with Crippen LogP contribution in [0.15, 0.2) is 18.3 Å². The van der Waals surface area contributed by atoms with Crippen molar-refractivity contribution >= 4 is 0 Å². The van der Waals surface area contributed by atoms with E-state index in [0.29, 0.717) is 6.61 Å². The Morgan fingerprint density at radius 3 is 3.15 bits per heavy atom. The normalized spacial score (nSPS) is 25.8. The Labute approximate surface area is 77.5 Å². The van der Waals surface area contributed by atoms with Crippen molar-refractivity contribution in [3.63, 3.8) is 0 Å². The molecule has 0 aliphatic carbocycles. The summed E-state index contributed by atoms with van der Waals surface area (Å²) in [6.45, 7) is 2.37. The van der Waals surface area contributed by atoms with Crippen molar-refractivity contribution in [1.82, 2.24) is 10.3 Å². The van der Waals surface area contributed by atoms with Crippen LogP contribution in [-0.2, 0) is 4.74 Å². The number of ether oxygens (including phenoxy) is 1. The zero-order valence-electron chi connectivity index (χ0n) is 7.49. The summed E-state index contributed by atoms with van der Waals surface area (Å²) in [5.41, 5.74) is 7.10. The first-order valence-electron chi connectivity index (χ1n) is 4.58. The maximum atomic E-state index is 6.04. The Balaban J connectivity index is 1.99. The quantitative estimate of drug-likeness (QED) is 0.602. The smallest absolute Gasteiger partial charge is 0.0639 e. The molecule has 0 saturated carbocycles. The molecule has 1 aliphatic heterocycles. The molecule has 1 saturated heterocycles. The molecule has 1 aromatic heterocycles. The second kappa shape index (κ2) is 3.91. The van der Waals surface area contributed by atoms with E-state index in [1.165, 1.54) is 0 Å². The van der Waals surface area contributed by atoms with E-state index in [-0.39, 0.29) is 12.1 Å². The fraction of sp³-hybridized carbons (Fsp3) is 0.556. The SMILES string of the molecule is NC(c1ccc[nH]1)C1COCCN1. The van der Waals surface area contributed by atoms with Gasteiger partial charge < -0.3 is 20.8 Å². The molecule has 1 aliphatic rings. The van der Waals surface area contributed by atoms with E-state index in [9.17, 15) is 0 Å². The third kappa shape index (κ3) is 1.91. The molecule has 4 nitrogen and oxygen atoms in total. The monoisotopic (exact) mass is 181 g/mol. The number of rotatable bonds is 2. The molecule has 2 atom stereocenters. The predicted molar refractivity (Wildman–Crippen MR) is 50.3 cm³/mol. The molecule has 0 bridgehead atoms. The van der Waals surface area contributed by atoms with Crippen molar-refractivity contribution in [3.8, 4) is 0 Å². The summed E-state index contributed by atoms with van der Waals surface area (Å²) in [4.78, 5) is 3.11. The zero-order chi connectivity index (χ0) is 9.10. The van der Waals surface area contributed by atoms with Crippen LogP contribution in [-0.4, -0.2) is 30.8 Å². The van der Waals surface area contributed by atoms with E-state index in [1.54, 1.807) is 0 Å². The third-order valence-corrected chi connectivity index (χ3v) is 2.36. The molecule has 0 aromatic carbocycles. The third-order valence-electron chi connectivity index (χ3n) is 2.36. The molecular weight excluding hydrogens is 166 g/mol. The van der Waals surface area contributed by atoms with Crippen LogP contribution in [0.4, 0.5) is 0 Å². The highest BCUT2D eigenvalue weighted by atomic mass is 16.5. The van der Waals surface area contributed by atoms with Crippen LogP contribution in [0.25, 0.3) is 0 Å². The first-order valence-corrected chi connectivity index (χ1v) is 4.58. The summed E-state index contributed by atoms with van der Waals surface area (Å²) < 4.78 is 5.34. The Hall–Kier alpha value is -0.840. The highest BCUT2D eigenvalue weighted by Crippen LogP contribution is 2.13. The maximum absolute atomic E-state index is 6.04. The van der Waals surface area contributed by atoms with Crippen LogP contribution in [0.1, 0.15) is 11.7 Å². The number of nitrogens with one attached hydrogen (secondary N) is 2. The average Bonchev–Trinajstić information content (AvgIpc) is 2.71. The number of H-pyrrole nitrogens is 1. The molecule has 2 heterocycles. The van der Waals surface area contributed by atoms with Crippen LogP contribution in [0.2, 0.25) is 0 Å². The minimum Gasteiger partial charge on any atom is -0.378 e. The maximum Gasteiger partial charge on any atom is 0.0639 e. The van der Waals surface area contributed by atoms with Gasteiger partial charge >= 0.3 is 0 Å². The van der Waals surface area contributed by atoms with Gasteiger partial charge in [0, 0.05) is 18.4 Å². The molecule has 1 fully saturated rings. The second-order valence-corrected chi connectivity index (χ2v) is 3.29. The number of hydrogen-bond acceptors (Lipinski definition) is 3. The van der Waals surface area contributed by atoms with Crippen molar-refractivity contribution in [1.29, 1.82) is 0 Å². The topological polar surface area (TPSA) is 63.1 Å². The predicted octanol–water partition coefficient (Wildman–Crippen LogP) is 0.00290. The van der Waals surface area contributed by atoms with Crippen molar-refractivity contribution in [2.75, 3.05) is 19.8 Å². The molecule has 1 aromatic rings. The van der Waals surface area contributed by atoms with Crippen LogP contribution >= 0.6 is 0 Å². The van der Waals surface area contributed by atoms with Crippen LogP contribution in [0.3, 0.4) is 0 Å². The van der Waals surface area contributed by atoms with Crippen molar-refractivity contribution in [2.24, 2.45) is 5.73 Å². The van der Waals surface area contributed by atoms with Gasteiger partial charge in [0.15, 0.2) is 0 Å². The molecule has 2 unspecified atom stereocenters. The Morgan fingerprint density at radius 2 is 2.54 bits per heavy atom. The van der Waals surface area contributed by atoms with Crippen LogP contribution in [0.5, 0.6) is 0 Å². The van der Waals surface area contributed by atoms with Crippen LogP contribution < -0.4 is 11.1 Å². The van der Waals surface area contributed by atoms with Gasteiger partial charge in [-0.15, -0.1) is 0 Å². The van der Waals surface area contributed by atoms with Gasteiger partial charge in [0.25, 0.3) is 0 Å². The van der Waals surface area contributed by atoms with Crippen molar-refractivity contribution < 1.29 is 4.74 Å². The summed E-state index contributed by atoms with van der Waals surface area (Å²) in [5.74, 6) is 0. The van der Waals surface area contributed by atoms with E-state index >= 15 is 0 Å². The lowest BCUT2D eigenvalue weighted by atomic mass is 10.1. The van der Waals surface area contributed by atoms with Gasteiger partial charge in [-0.25, -0.2) is 0 Å². The Bertz CT molecular complexity index is 241. The average molecular weight is 181 g/mol. The van der Waals surface area contributed by atoms with E-state index in [4.69, 9.17) is 10.5 Å². The molecular formula is C9H15N3O. The highest BCUT2D eigenvalue weighted by Gasteiger charge is 2.22. The van der Waals surface area contributed by atoms with Gasteiger partial charge in [0.1, 0.15) is 0 Å². The molecule has 13 heavy (non-hydrogen) atoms. The summed E-state index contributed by atoms with van der Waals surface area (Å²) in [6, 6.07) is 4.18. The number of hydrogen-bond donors (Lipinski definition) is 3. The minimum absolute atomic E-state index is 0.00435. The van der Waals surface area contributed by atoms with E-state index in [1.807, 2.05) is 18.3 Å². The van der Waals surface area contributed by atoms with E-state index < -0.39 is 0 Å². The standard InChI is InChI=1S/C9H15N3O/c10-9(7-2-1-3-11-7)8-6-13-5-4-12-8/h1-3,8-9,11-12H,4-6,10H2. The van der Waals surface area contributed by atoms with E-state index in [0.717, 1.165) is 18.8 Å². The number of aromatic amines is 1. The fourth-order valence-corrected chi connectivity index (χ4v) is 1.58. The highest BCUT2D eigenvalue weighted by molar-refractivity contribution is 5.11. The first-order chi connectivity index (χ1) is 6.38. The lowest BCUT2D eigenvalue weighted by molar-refractivity contribution is 0.0681. The number of morpholine rings is 1. The molecule has 4 heteroatoms. The fourth-order valence-electron chi connectivity index (χ4n) is 1.58. The largest absolute Gasteiger partial charge is 0.378 e. The zero-order valence-corrected chi connectivity index (χ0v) is 7.49. The minimum atomic E-state index is -0.00435. The molecule has 0 amide bonds. The van der Waals surface area contributed by atoms with Gasteiger partial charge in [-0.05, 0) is 12.1 Å². The van der Waals surface area contributed by atoms with Gasteiger partial charge in [-0.1, -0.05) is 0 Å². The molecule has 2 rings (SSSR count). The first kappa shape index (κ1) is 8.74. The van der Waals surface area contributed by atoms with E-state index in [2.05, 4.69) is 10.3 Å². The summed E-state index contributed by atoms with van der Waals surface area (Å²) in [6.07, 6.45) is 1.89. The number of aromatic nitrogens is 1. The summed E-state index contributed by atoms with van der Waals surface area (Å²) in [5, 5.41) is 3.34. The lowest BCUT2D eigenvalue weighted by Crippen LogP contribution is -2.47. The molecule has 4 N–H and O–H groups in total. The lowest BCUT2D eigenvalue weighted by Gasteiger charge is -2.28. The second-order valence-electron chi connectivity index (χ2n) is 3.29. The summed E-state index contributed by atoms with van der Waals surface area (Å²) in [7, 11) is 0.